The number of aryl methyl sites for hydroxylation is 3. The number of hydrogen-bond donors (Lipinski definition) is 0. The molecule has 25 heavy (non-hydrogen) atoms. The third-order valence-electron chi connectivity index (χ3n) is 4.88. The van der Waals surface area contributed by atoms with Crippen molar-refractivity contribution in [3.63, 3.8) is 0 Å². The zero-order valence-electron chi connectivity index (χ0n) is 15.1. The van der Waals surface area contributed by atoms with Crippen LogP contribution >= 0.6 is 0 Å². The maximum Gasteiger partial charge on any atom is 0.266 e. The number of carbonyl (C=O) groups is 1. The molecule has 1 amide bonds. The van der Waals surface area contributed by atoms with Crippen molar-refractivity contribution in [1.82, 2.24) is 24.5 Å². The first kappa shape index (κ1) is 17.4. The van der Waals surface area contributed by atoms with Crippen LogP contribution in [-0.2, 0) is 37.8 Å². The van der Waals surface area contributed by atoms with Gasteiger partial charge in [0.2, 0.25) is 5.91 Å². The molecule has 0 aliphatic heterocycles. The summed E-state index contributed by atoms with van der Waals surface area (Å²) in [5, 5.41) is 8.60. The Balaban J connectivity index is 1.72. The van der Waals surface area contributed by atoms with E-state index in [2.05, 4.69) is 10.2 Å². The summed E-state index contributed by atoms with van der Waals surface area (Å²) in [6.45, 7) is 6.09. The highest BCUT2D eigenvalue weighted by Gasteiger charge is 2.29. The van der Waals surface area contributed by atoms with E-state index in [1.165, 1.54) is 4.68 Å². The van der Waals surface area contributed by atoms with Crippen molar-refractivity contribution in [2.24, 2.45) is 13.0 Å². The number of nitrogens with zero attached hydrogens (tertiary/aromatic N) is 5. The second kappa shape index (κ2) is 7.21. The molecule has 0 fully saturated rings. The average Bonchev–Trinajstić information content (AvgIpc) is 3.07. The van der Waals surface area contributed by atoms with E-state index in [0.29, 0.717) is 19.5 Å². The average molecular weight is 343 g/mol. The summed E-state index contributed by atoms with van der Waals surface area (Å²) in [6.07, 6.45) is 5.93. The second-order valence-corrected chi connectivity index (χ2v) is 6.57. The van der Waals surface area contributed by atoms with Gasteiger partial charge < -0.3 is 4.90 Å². The molecule has 0 bridgehead atoms. The second-order valence-electron chi connectivity index (χ2n) is 6.57. The summed E-state index contributed by atoms with van der Waals surface area (Å²) in [4.78, 5) is 26.7. The fourth-order valence-corrected chi connectivity index (χ4v) is 3.38. The van der Waals surface area contributed by atoms with E-state index in [1.807, 2.05) is 35.8 Å². The van der Waals surface area contributed by atoms with Crippen LogP contribution in [0.3, 0.4) is 0 Å². The molecule has 0 aromatic carbocycles. The topological polar surface area (TPSA) is 73.0 Å². The minimum absolute atomic E-state index is 0.0809. The smallest absolute Gasteiger partial charge is 0.266 e. The van der Waals surface area contributed by atoms with Crippen LogP contribution in [0.5, 0.6) is 0 Å². The number of rotatable bonds is 5. The molecule has 1 atom stereocenters. The fraction of sp³-hybridized carbons (Fsp3) is 0.556. The molecule has 1 aliphatic rings. The van der Waals surface area contributed by atoms with Gasteiger partial charge in [0, 0.05) is 50.4 Å². The van der Waals surface area contributed by atoms with E-state index < -0.39 is 0 Å². The lowest BCUT2D eigenvalue weighted by Gasteiger charge is -2.29. The molecule has 2 aromatic heterocycles. The standard InChI is InChI=1S/C18H25N5O2/c1-4-22(11-13-10-19-23(5-2)12-13)18(25)14-6-7-16-15(8-14)9-17(24)21(3)20-16/h9-10,12,14H,4-8,11H2,1-3H3. The molecule has 0 spiro atoms. The van der Waals surface area contributed by atoms with Crippen molar-refractivity contribution < 1.29 is 4.79 Å². The minimum atomic E-state index is -0.119. The monoisotopic (exact) mass is 343 g/mol. The molecular formula is C18H25N5O2. The van der Waals surface area contributed by atoms with Crippen LogP contribution in [0.1, 0.15) is 37.1 Å². The molecular weight excluding hydrogens is 318 g/mol. The normalized spacial score (nSPS) is 16.5. The van der Waals surface area contributed by atoms with Crippen LogP contribution in [0.25, 0.3) is 0 Å². The van der Waals surface area contributed by atoms with Gasteiger partial charge >= 0.3 is 0 Å². The Morgan fingerprint density at radius 2 is 2.20 bits per heavy atom. The third kappa shape index (κ3) is 3.65. The predicted octanol–water partition coefficient (Wildman–Crippen LogP) is 1.15. The van der Waals surface area contributed by atoms with Crippen LogP contribution in [0.2, 0.25) is 0 Å². The van der Waals surface area contributed by atoms with Gasteiger partial charge in [0.05, 0.1) is 11.9 Å². The number of hydrogen-bond acceptors (Lipinski definition) is 4. The van der Waals surface area contributed by atoms with Gasteiger partial charge in [0.15, 0.2) is 0 Å². The Morgan fingerprint density at radius 1 is 1.40 bits per heavy atom. The van der Waals surface area contributed by atoms with Crippen LogP contribution in [0.15, 0.2) is 23.3 Å². The SMILES string of the molecule is CCN(Cc1cnn(CC)c1)C(=O)C1CCc2nn(C)c(=O)cc2C1. The number of fused-ring (bicyclic) bond motifs is 1. The highest BCUT2D eigenvalue weighted by Crippen LogP contribution is 2.25. The van der Waals surface area contributed by atoms with Gasteiger partial charge in [-0.1, -0.05) is 0 Å². The van der Waals surface area contributed by atoms with E-state index in [4.69, 9.17) is 0 Å². The van der Waals surface area contributed by atoms with Gasteiger partial charge in [-0.15, -0.1) is 0 Å². The summed E-state index contributed by atoms with van der Waals surface area (Å²) in [5.74, 6) is 0.0700. The van der Waals surface area contributed by atoms with Crippen molar-refractivity contribution >= 4 is 5.91 Å². The van der Waals surface area contributed by atoms with Crippen LogP contribution in [0, 0.1) is 5.92 Å². The maximum absolute atomic E-state index is 13.0. The third-order valence-corrected chi connectivity index (χ3v) is 4.88. The molecule has 0 saturated carbocycles. The number of amides is 1. The molecule has 3 rings (SSSR count). The summed E-state index contributed by atoms with van der Waals surface area (Å²) in [7, 11) is 1.66. The van der Waals surface area contributed by atoms with E-state index in [0.717, 1.165) is 36.2 Å². The van der Waals surface area contributed by atoms with Crippen molar-refractivity contribution in [2.45, 2.75) is 46.2 Å². The minimum Gasteiger partial charge on any atom is -0.338 e. The molecule has 7 nitrogen and oxygen atoms in total. The van der Waals surface area contributed by atoms with Crippen LogP contribution in [0.4, 0.5) is 0 Å². The molecule has 0 N–H and O–H groups in total. The van der Waals surface area contributed by atoms with Gasteiger partial charge in [-0.3, -0.25) is 14.3 Å². The Morgan fingerprint density at radius 3 is 2.88 bits per heavy atom. The van der Waals surface area contributed by atoms with Crippen LogP contribution in [-0.4, -0.2) is 36.9 Å². The van der Waals surface area contributed by atoms with Crippen molar-refractivity contribution in [3.05, 3.63) is 45.6 Å². The molecule has 7 heteroatoms. The van der Waals surface area contributed by atoms with E-state index in [1.54, 1.807) is 13.1 Å². The Hall–Kier alpha value is -2.44. The maximum atomic E-state index is 13.0. The van der Waals surface area contributed by atoms with Gasteiger partial charge in [0.1, 0.15) is 0 Å². The highest BCUT2D eigenvalue weighted by molar-refractivity contribution is 5.79. The summed E-state index contributed by atoms with van der Waals surface area (Å²) >= 11 is 0. The van der Waals surface area contributed by atoms with Crippen molar-refractivity contribution in [3.8, 4) is 0 Å². The fourth-order valence-electron chi connectivity index (χ4n) is 3.38. The lowest BCUT2D eigenvalue weighted by Crippen LogP contribution is -2.38. The van der Waals surface area contributed by atoms with Crippen LogP contribution < -0.4 is 5.56 Å². The Labute approximate surface area is 147 Å². The van der Waals surface area contributed by atoms with Gasteiger partial charge in [0.25, 0.3) is 5.56 Å². The van der Waals surface area contributed by atoms with Gasteiger partial charge in [-0.05, 0) is 38.7 Å². The molecule has 2 aromatic rings. The molecule has 1 unspecified atom stereocenters. The summed E-state index contributed by atoms with van der Waals surface area (Å²) in [5.41, 5.74) is 2.79. The molecule has 1 aliphatic carbocycles. The van der Waals surface area contributed by atoms with Crippen molar-refractivity contribution in [1.29, 1.82) is 0 Å². The number of aromatic nitrogens is 4. The van der Waals surface area contributed by atoms with Gasteiger partial charge in [-0.25, -0.2) is 4.68 Å². The van der Waals surface area contributed by atoms with E-state index in [9.17, 15) is 9.59 Å². The zero-order valence-corrected chi connectivity index (χ0v) is 15.1. The Bertz CT molecular complexity index is 823. The summed E-state index contributed by atoms with van der Waals surface area (Å²) < 4.78 is 3.23. The molecule has 0 saturated heterocycles. The zero-order chi connectivity index (χ0) is 18.0. The van der Waals surface area contributed by atoms with E-state index >= 15 is 0 Å². The molecule has 2 heterocycles. The molecule has 0 radical (unpaired) electrons. The quantitative estimate of drug-likeness (QED) is 0.816. The Kier molecular flexibility index (Phi) is 5.01. The lowest BCUT2D eigenvalue weighted by molar-refractivity contribution is -0.136. The first-order valence-electron chi connectivity index (χ1n) is 8.88. The highest BCUT2D eigenvalue weighted by atomic mass is 16.2. The first-order chi connectivity index (χ1) is 12.0. The lowest BCUT2D eigenvalue weighted by atomic mass is 9.86. The van der Waals surface area contributed by atoms with Crippen molar-refractivity contribution in [2.75, 3.05) is 6.54 Å². The summed E-state index contributed by atoms with van der Waals surface area (Å²) in [6, 6.07) is 1.63. The largest absolute Gasteiger partial charge is 0.338 e. The first-order valence-corrected chi connectivity index (χ1v) is 8.88. The molecule has 134 valence electrons. The van der Waals surface area contributed by atoms with E-state index in [-0.39, 0.29) is 17.4 Å². The number of carbonyl (C=O) groups excluding carboxylic acids is 1. The van der Waals surface area contributed by atoms with Gasteiger partial charge in [-0.2, -0.15) is 10.2 Å². The predicted molar refractivity (Wildman–Crippen MR) is 94.0 cm³/mol.